The van der Waals surface area contributed by atoms with Crippen molar-refractivity contribution in [3.63, 3.8) is 0 Å². The molecular formula is C15H25N3O. The van der Waals surface area contributed by atoms with Crippen molar-refractivity contribution in [2.75, 3.05) is 26.7 Å². The molecule has 0 amide bonds. The number of hydrogen-bond donors (Lipinski definition) is 2. The van der Waals surface area contributed by atoms with Crippen LogP contribution in [0.5, 0.6) is 5.75 Å². The van der Waals surface area contributed by atoms with Crippen LogP contribution in [-0.4, -0.2) is 32.7 Å². The minimum absolute atomic E-state index is 0.745. The molecule has 4 nitrogen and oxygen atoms in total. The average Bonchev–Trinajstić information content (AvgIpc) is 2.39. The molecule has 0 unspecified atom stereocenters. The Balaban J connectivity index is 2.64. The molecule has 0 heterocycles. The van der Waals surface area contributed by atoms with Gasteiger partial charge in [0.05, 0.1) is 7.11 Å². The summed E-state index contributed by atoms with van der Waals surface area (Å²) in [5.74, 6) is 1.81. The van der Waals surface area contributed by atoms with Gasteiger partial charge in [0, 0.05) is 19.6 Å². The molecule has 106 valence electrons. The second-order valence-corrected chi connectivity index (χ2v) is 4.36. The second kappa shape index (κ2) is 8.40. The van der Waals surface area contributed by atoms with E-state index in [0.717, 1.165) is 37.8 Å². The van der Waals surface area contributed by atoms with Gasteiger partial charge in [-0.1, -0.05) is 17.7 Å². The van der Waals surface area contributed by atoms with Crippen LogP contribution in [0, 0.1) is 6.92 Å². The Bertz CT molecular complexity index is 408. The number of benzene rings is 1. The largest absolute Gasteiger partial charge is 0.496 e. The van der Waals surface area contributed by atoms with Crippen molar-refractivity contribution in [1.82, 2.24) is 10.6 Å². The first-order chi connectivity index (χ1) is 9.21. The molecule has 0 bridgehead atoms. The predicted molar refractivity (Wildman–Crippen MR) is 81.1 cm³/mol. The third kappa shape index (κ3) is 5.20. The van der Waals surface area contributed by atoms with Gasteiger partial charge in [0.1, 0.15) is 5.75 Å². The fourth-order valence-corrected chi connectivity index (χ4v) is 1.90. The number of rotatable bonds is 6. The SMILES string of the molecule is CCNC(=NCCc1cc(C)ccc1OC)NCC. The molecule has 19 heavy (non-hydrogen) atoms. The summed E-state index contributed by atoms with van der Waals surface area (Å²) in [5, 5.41) is 6.43. The normalized spacial score (nSPS) is 9.89. The lowest BCUT2D eigenvalue weighted by molar-refractivity contribution is 0.409. The quantitative estimate of drug-likeness (QED) is 0.610. The van der Waals surface area contributed by atoms with Gasteiger partial charge in [-0.2, -0.15) is 0 Å². The van der Waals surface area contributed by atoms with E-state index in [1.807, 2.05) is 6.07 Å². The van der Waals surface area contributed by atoms with Gasteiger partial charge in [-0.05, 0) is 38.8 Å². The second-order valence-electron chi connectivity index (χ2n) is 4.36. The lowest BCUT2D eigenvalue weighted by Crippen LogP contribution is -2.37. The Hall–Kier alpha value is -1.71. The molecule has 0 fully saturated rings. The highest BCUT2D eigenvalue weighted by molar-refractivity contribution is 5.79. The molecule has 2 N–H and O–H groups in total. The lowest BCUT2D eigenvalue weighted by Gasteiger charge is -2.10. The molecule has 1 aromatic carbocycles. The molecule has 0 atom stereocenters. The first-order valence-electron chi connectivity index (χ1n) is 6.87. The van der Waals surface area contributed by atoms with E-state index in [-0.39, 0.29) is 0 Å². The average molecular weight is 263 g/mol. The van der Waals surface area contributed by atoms with Crippen LogP contribution in [0.15, 0.2) is 23.2 Å². The lowest BCUT2D eigenvalue weighted by atomic mass is 10.1. The number of guanidine groups is 1. The fourth-order valence-electron chi connectivity index (χ4n) is 1.90. The first-order valence-corrected chi connectivity index (χ1v) is 6.87. The molecule has 0 aliphatic rings. The molecule has 0 saturated carbocycles. The van der Waals surface area contributed by atoms with Crippen molar-refractivity contribution in [1.29, 1.82) is 0 Å². The number of nitrogens with zero attached hydrogens (tertiary/aromatic N) is 1. The highest BCUT2D eigenvalue weighted by Crippen LogP contribution is 2.19. The van der Waals surface area contributed by atoms with Crippen molar-refractivity contribution >= 4 is 5.96 Å². The molecule has 0 saturated heterocycles. The Morgan fingerprint density at radius 3 is 2.47 bits per heavy atom. The molecule has 0 aliphatic heterocycles. The van der Waals surface area contributed by atoms with Gasteiger partial charge < -0.3 is 15.4 Å². The van der Waals surface area contributed by atoms with E-state index in [9.17, 15) is 0 Å². The summed E-state index contributed by atoms with van der Waals surface area (Å²) in [6.07, 6.45) is 0.880. The van der Waals surface area contributed by atoms with Crippen LogP contribution < -0.4 is 15.4 Å². The Morgan fingerprint density at radius 1 is 1.21 bits per heavy atom. The van der Waals surface area contributed by atoms with E-state index in [4.69, 9.17) is 4.74 Å². The summed E-state index contributed by atoms with van der Waals surface area (Å²) >= 11 is 0. The molecular weight excluding hydrogens is 238 g/mol. The van der Waals surface area contributed by atoms with E-state index >= 15 is 0 Å². The standard InChI is InChI=1S/C15H25N3O/c1-5-16-15(17-6-2)18-10-9-13-11-12(3)7-8-14(13)19-4/h7-8,11H,5-6,9-10H2,1-4H3,(H2,16,17,18). The van der Waals surface area contributed by atoms with Gasteiger partial charge in [-0.3, -0.25) is 4.99 Å². The van der Waals surface area contributed by atoms with Gasteiger partial charge in [-0.15, -0.1) is 0 Å². The fraction of sp³-hybridized carbons (Fsp3) is 0.533. The Labute approximate surface area is 116 Å². The predicted octanol–water partition coefficient (Wildman–Crippen LogP) is 2.12. The van der Waals surface area contributed by atoms with Crippen LogP contribution in [0.4, 0.5) is 0 Å². The summed E-state index contributed by atoms with van der Waals surface area (Å²) in [6.45, 7) is 8.72. The van der Waals surface area contributed by atoms with Crippen LogP contribution in [0.25, 0.3) is 0 Å². The van der Waals surface area contributed by atoms with Gasteiger partial charge in [0.25, 0.3) is 0 Å². The smallest absolute Gasteiger partial charge is 0.191 e. The number of methoxy groups -OCH3 is 1. The zero-order valence-electron chi connectivity index (χ0n) is 12.4. The number of hydrogen-bond acceptors (Lipinski definition) is 2. The maximum absolute atomic E-state index is 5.37. The molecule has 0 aliphatic carbocycles. The van der Waals surface area contributed by atoms with E-state index in [2.05, 4.69) is 48.5 Å². The van der Waals surface area contributed by atoms with E-state index in [0.29, 0.717) is 0 Å². The summed E-state index contributed by atoms with van der Waals surface area (Å²) < 4.78 is 5.37. The van der Waals surface area contributed by atoms with Gasteiger partial charge in [0.15, 0.2) is 5.96 Å². The zero-order chi connectivity index (χ0) is 14.1. The number of aryl methyl sites for hydroxylation is 1. The summed E-state index contributed by atoms with van der Waals surface area (Å²) in [4.78, 5) is 4.54. The third-order valence-corrected chi connectivity index (χ3v) is 2.78. The van der Waals surface area contributed by atoms with Crippen molar-refractivity contribution in [3.05, 3.63) is 29.3 Å². The van der Waals surface area contributed by atoms with Gasteiger partial charge >= 0.3 is 0 Å². The number of nitrogens with one attached hydrogen (secondary N) is 2. The summed E-state index contributed by atoms with van der Waals surface area (Å²) in [7, 11) is 1.71. The van der Waals surface area contributed by atoms with Crippen LogP contribution in [0.1, 0.15) is 25.0 Å². The minimum Gasteiger partial charge on any atom is -0.496 e. The third-order valence-electron chi connectivity index (χ3n) is 2.78. The van der Waals surface area contributed by atoms with Crippen LogP contribution in [-0.2, 0) is 6.42 Å². The summed E-state index contributed by atoms with van der Waals surface area (Å²) in [6, 6.07) is 6.24. The highest BCUT2D eigenvalue weighted by atomic mass is 16.5. The maximum atomic E-state index is 5.37. The van der Waals surface area contributed by atoms with Gasteiger partial charge in [0.2, 0.25) is 0 Å². The summed E-state index contributed by atoms with van der Waals surface area (Å²) in [5.41, 5.74) is 2.46. The van der Waals surface area contributed by atoms with Crippen LogP contribution in [0.2, 0.25) is 0 Å². The maximum Gasteiger partial charge on any atom is 0.191 e. The topological polar surface area (TPSA) is 45.7 Å². The highest BCUT2D eigenvalue weighted by Gasteiger charge is 2.03. The monoisotopic (exact) mass is 263 g/mol. The van der Waals surface area contributed by atoms with Crippen molar-refractivity contribution in [2.24, 2.45) is 4.99 Å². The van der Waals surface area contributed by atoms with Crippen molar-refractivity contribution < 1.29 is 4.74 Å². The minimum atomic E-state index is 0.745. The van der Waals surface area contributed by atoms with Crippen LogP contribution >= 0.6 is 0 Å². The molecule has 0 aromatic heterocycles. The molecule has 1 aromatic rings. The molecule has 0 radical (unpaired) electrons. The van der Waals surface area contributed by atoms with Gasteiger partial charge in [-0.25, -0.2) is 0 Å². The molecule has 0 spiro atoms. The Kier molecular flexibility index (Phi) is 6.79. The van der Waals surface area contributed by atoms with Crippen LogP contribution in [0.3, 0.4) is 0 Å². The molecule has 4 heteroatoms. The number of ether oxygens (including phenoxy) is 1. The molecule has 1 rings (SSSR count). The number of aliphatic imine (C=N–C) groups is 1. The first kappa shape index (κ1) is 15.3. The Morgan fingerprint density at radius 2 is 1.89 bits per heavy atom. The zero-order valence-corrected chi connectivity index (χ0v) is 12.4. The van der Waals surface area contributed by atoms with E-state index in [1.165, 1.54) is 11.1 Å². The van der Waals surface area contributed by atoms with Crippen molar-refractivity contribution in [3.8, 4) is 5.75 Å². The van der Waals surface area contributed by atoms with E-state index < -0.39 is 0 Å². The van der Waals surface area contributed by atoms with Crippen molar-refractivity contribution in [2.45, 2.75) is 27.2 Å². The van der Waals surface area contributed by atoms with E-state index in [1.54, 1.807) is 7.11 Å².